The van der Waals surface area contributed by atoms with Crippen LogP contribution < -0.4 is 5.32 Å². The number of rotatable bonds is 6. The molecule has 1 unspecified atom stereocenters. The number of aryl methyl sites for hydroxylation is 1. The number of aliphatic hydroxyl groups is 1. The van der Waals surface area contributed by atoms with E-state index in [9.17, 15) is 5.11 Å². The van der Waals surface area contributed by atoms with Crippen LogP contribution in [-0.2, 0) is 0 Å². The first-order valence-electron chi connectivity index (χ1n) is 6.58. The standard InChI is InChI=1S/C15H26N2O/c1-11(2)14-8-6-7-12(3)15(14)16-9-13(18)10-17(4)5/h6-8,11,13,16,18H,9-10H2,1-5H3. The summed E-state index contributed by atoms with van der Waals surface area (Å²) in [5.74, 6) is 0.485. The van der Waals surface area contributed by atoms with Crippen molar-refractivity contribution >= 4 is 5.69 Å². The summed E-state index contributed by atoms with van der Waals surface area (Å²) < 4.78 is 0. The van der Waals surface area contributed by atoms with E-state index in [0.29, 0.717) is 19.0 Å². The Hall–Kier alpha value is -1.06. The fraction of sp³-hybridized carbons (Fsp3) is 0.600. The van der Waals surface area contributed by atoms with E-state index in [-0.39, 0.29) is 6.10 Å². The van der Waals surface area contributed by atoms with E-state index in [1.165, 1.54) is 16.8 Å². The number of aliphatic hydroxyl groups excluding tert-OH is 1. The molecule has 0 heterocycles. The molecular formula is C15H26N2O. The molecule has 0 amide bonds. The smallest absolute Gasteiger partial charge is 0.0838 e. The van der Waals surface area contributed by atoms with Crippen LogP contribution in [0.2, 0.25) is 0 Å². The molecule has 1 atom stereocenters. The zero-order chi connectivity index (χ0) is 13.7. The third kappa shape index (κ3) is 4.31. The van der Waals surface area contributed by atoms with Crippen molar-refractivity contribution in [1.29, 1.82) is 0 Å². The van der Waals surface area contributed by atoms with Gasteiger partial charge in [0.15, 0.2) is 0 Å². The van der Waals surface area contributed by atoms with Crippen molar-refractivity contribution in [1.82, 2.24) is 4.90 Å². The highest BCUT2D eigenvalue weighted by molar-refractivity contribution is 5.58. The molecule has 3 nitrogen and oxygen atoms in total. The average molecular weight is 250 g/mol. The Bertz CT molecular complexity index is 375. The number of nitrogens with zero attached hydrogens (tertiary/aromatic N) is 1. The summed E-state index contributed by atoms with van der Waals surface area (Å²) in [5, 5.41) is 13.3. The lowest BCUT2D eigenvalue weighted by atomic mass is 9.98. The Kier molecular flexibility index (Phi) is 5.63. The van der Waals surface area contributed by atoms with E-state index in [2.05, 4.69) is 44.3 Å². The molecule has 0 aliphatic carbocycles. The summed E-state index contributed by atoms with van der Waals surface area (Å²) in [6.45, 7) is 7.75. The molecule has 0 aliphatic heterocycles. The highest BCUT2D eigenvalue weighted by Crippen LogP contribution is 2.27. The highest BCUT2D eigenvalue weighted by Gasteiger charge is 2.11. The van der Waals surface area contributed by atoms with Gasteiger partial charge in [-0.15, -0.1) is 0 Å². The Morgan fingerprint density at radius 3 is 2.50 bits per heavy atom. The maximum absolute atomic E-state index is 9.90. The molecule has 1 rings (SSSR count). The van der Waals surface area contributed by atoms with Gasteiger partial charge in [-0.2, -0.15) is 0 Å². The highest BCUT2D eigenvalue weighted by atomic mass is 16.3. The van der Waals surface area contributed by atoms with Gasteiger partial charge in [-0.25, -0.2) is 0 Å². The van der Waals surface area contributed by atoms with Crippen molar-refractivity contribution in [2.45, 2.75) is 32.8 Å². The van der Waals surface area contributed by atoms with Crippen LogP contribution in [0.25, 0.3) is 0 Å². The van der Waals surface area contributed by atoms with Crippen molar-refractivity contribution < 1.29 is 5.11 Å². The Morgan fingerprint density at radius 2 is 1.94 bits per heavy atom. The second kappa shape index (κ2) is 6.76. The van der Waals surface area contributed by atoms with E-state index in [4.69, 9.17) is 0 Å². The molecule has 0 radical (unpaired) electrons. The molecule has 3 heteroatoms. The molecular weight excluding hydrogens is 224 g/mol. The first-order chi connectivity index (χ1) is 8.41. The van der Waals surface area contributed by atoms with Crippen LogP contribution >= 0.6 is 0 Å². The number of hydrogen-bond acceptors (Lipinski definition) is 3. The lowest BCUT2D eigenvalue weighted by Gasteiger charge is -2.21. The van der Waals surface area contributed by atoms with Gasteiger partial charge in [0.25, 0.3) is 0 Å². The van der Waals surface area contributed by atoms with Crippen molar-refractivity contribution in [3.8, 4) is 0 Å². The molecule has 1 aromatic rings. The van der Waals surface area contributed by atoms with Gasteiger partial charge in [0.2, 0.25) is 0 Å². The van der Waals surface area contributed by atoms with Crippen molar-refractivity contribution in [2.24, 2.45) is 0 Å². The molecule has 0 aliphatic rings. The predicted octanol–water partition coefficient (Wildman–Crippen LogP) is 2.45. The molecule has 1 aromatic carbocycles. The largest absolute Gasteiger partial charge is 0.390 e. The summed E-state index contributed by atoms with van der Waals surface area (Å²) in [7, 11) is 3.94. The van der Waals surface area contributed by atoms with E-state index in [1.54, 1.807) is 0 Å². The number of benzene rings is 1. The molecule has 0 spiro atoms. The third-order valence-corrected chi connectivity index (χ3v) is 3.02. The van der Waals surface area contributed by atoms with Crippen molar-refractivity contribution in [3.05, 3.63) is 29.3 Å². The summed E-state index contributed by atoms with van der Waals surface area (Å²) >= 11 is 0. The maximum Gasteiger partial charge on any atom is 0.0838 e. The summed E-state index contributed by atoms with van der Waals surface area (Å²) in [6.07, 6.45) is -0.348. The minimum atomic E-state index is -0.348. The van der Waals surface area contributed by atoms with E-state index in [1.807, 2.05) is 19.0 Å². The van der Waals surface area contributed by atoms with Gasteiger partial charge in [0, 0.05) is 18.8 Å². The van der Waals surface area contributed by atoms with E-state index in [0.717, 1.165) is 0 Å². The zero-order valence-corrected chi connectivity index (χ0v) is 12.2. The quantitative estimate of drug-likeness (QED) is 0.814. The number of anilines is 1. The second-order valence-corrected chi connectivity index (χ2v) is 5.49. The van der Waals surface area contributed by atoms with Gasteiger partial charge in [0.1, 0.15) is 0 Å². The molecule has 102 valence electrons. The number of hydrogen-bond donors (Lipinski definition) is 2. The Labute approximate surface area is 111 Å². The zero-order valence-electron chi connectivity index (χ0n) is 12.2. The number of likely N-dealkylation sites (N-methyl/N-ethyl adjacent to an activating group) is 1. The Morgan fingerprint density at radius 1 is 1.28 bits per heavy atom. The lowest BCUT2D eigenvalue weighted by molar-refractivity contribution is 0.148. The normalized spacial score (nSPS) is 13.1. The first kappa shape index (κ1) is 15.0. The van der Waals surface area contributed by atoms with Crippen LogP contribution in [-0.4, -0.2) is 43.3 Å². The van der Waals surface area contributed by atoms with Gasteiger partial charge in [-0.3, -0.25) is 0 Å². The van der Waals surface area contributed by atoms with Crippen molar-refractivity contribution in [2.75, 3.05) is 32.5 Å². The van der Waals surface area contributed by atoms with Gasteiger partial charge in [-0.1, -0.05) is 32.0 Å². The van der Waals surface area contributed by atoms with Crippen LogP contribution in [0, 0.1) is 6.92 Å². The van der Waals surface area contributed by atoms with E-state index >= 15 is 0 Å². The monoisotopic (exact) mass is 250 g/mol. The molecule has 0 bridgehead atoms. The third-order valence-electron chi connectivity index (χ3n) is 3.02. The SMILES string of the molecule is Cc1cccc(C(C)C)c1NCC(O)CN(C)C. The molecule has 18 heavy (non-hydrogen) atoms. The molecule has 2 N–H and O–H groups in total. The molecule has 0 aromatic heterocycles. The van der Waals surface area contributed by atoms with Gasteiger partial charge in [0.05, 0.1) is 6.10 Å². The summed E-state index contributed by atoms with van der Waals surface area (Å²) in [6, 6.07) is 6.34. The van der Waals surface area contributed by atoms with Crippen LogP contribution in [0.4, 0.5) is 5.69 Å². The minimum absolute atomic E-state index is 0.348. The van der Waals surface area contributed by atoms with Crippen LogP contribution in [0.1, 0.15) is 30.9 Å². The summed E-state index contributed by atoms with van der Waals surface area (Å²) in [5.41, 5.74) is 3.72. The van der Waals surface area contributed by atoms with Gasteiger partial charge >= 0.3 is 0 Å². The topological polar surface area (TPSA) is 35.5 Å². The first-order valence-corrected chi connectivity index (χ1v) is 6.58. The second-order valence-electron chi connectivity index (χ2n) is 5.49. The number of para-hydroxylation sites is 1. The van der Waals surface area contributed by atoms with Gasteiger partial charge < -0.3 is 15.3 Å². The molecule has 0 saturated heterocycles. The molecule has 0 saturated carbocycles. The average Bonchev–Trinajstić information content (AvgIpc) is 2.25. The number of nitrogens with one attached hydrogen (secondary N) is 1. The Balaban J connectivity index is 2.72. The predicted molar refractivity (Wildman–Crippen MR) is 78.3 cm³/mol. The molecule has 0 fully saturated rings. The van der Waals surface area contributed by atoms with Crippen LogP contribution in [0.5, 0.6) is 0 Å². The van der Waals surface area contributed by atoms with Crippen LogP contribution in [0.15, 0.2) is 18.2 Å². The fourth-order valence-corrected chi connectivity index (χ4v) is 2.12. The minimum Gasteiger partial charge on any atom is -0.390 e. The lowest BCUT2D eigenvalue weighted by Crippen LogP contribution is -2.31. The van der Waals surface area contributed by atoms with Crippen LogP contribution in [0.3, 0.4) is 0 Å². The maximum atomic E-state index is 9.90. The summed E-state index contributed by atoms with van der Waals surface area (Å²) in [4.78, 5) is 1.99. The van der Waals surface area contributed by atoms with Crippen molar-refractivity contribution in [3.63, 3.8) is 0 Å². The fourth-order valence-electron chi connectivity index (χ4n) is 2.12. The van der Waals surface area contributed by atoms with Gasteiger partial charge in [-0.05, 0) is 38.1 Å². The van der Waals surface area contributed by atoms with E-state index < -0.39 is 0 Å².